The summed E-state index contributed by atoms with van der Waals surface area (Å²) >= 11 is 35.3. The number of rotatable bonds is 3. The molecule has 1 amide bonds. The van der Waals surface area contributed by atoms with Crippen LogP contribution in [0.4, 0.5) is 5.69 Å². The quantitative estimate of drug-likeness (QED) is 0.411. The van der Waals surface area contributed by atoms with Gasteiger partial charge in [-0.2, -0.15) is 0 Å². The van der Waals surface area contributed by atoms with E-state index < -0.39 is 7.59 Å². The first-order chi connectivity index (χ1) is 13.5. The molecule has 0 saturated heterocycles. The molecule has 1 aromatic heterocycles. The van der Waals surface area contributed by atoms with Crippen LogP contribution in [0.2, 0.25) is 0 Å². The molecule has 0 radical (unpaired) electrons. The molecule has 3 aromatic rings. The Kier molecular flexibility index (Phi) is 6.78. The highest BCUT2D eigenvalue weighted by molar-refractivity contribution is 6.67. The third-order valence-corrected chi connectivity index (χ3v) is 4.59. The third kappa shape index (κ3) is 5.85. The highest BCUT2D eigenvalue weighted by atomic mass is 35.6. The Morgan fingerprint density at radius 2 is 1.24 bits per heavy atom. The lowest BCUT2D eigenvalue weighted by atomic mass is 10.1. The molecule has 2 aromatic carbocycles. The smallest absolute Gasteiger partial charge is 0.255 e. The minimum atomic E-state index is -1.94. The van der Waals surface area contributed by atoms with E-state index in [1.165, 1.54) is 0 Å². The van der Waals surface area contributed by atoms with Gasteiger partial charge in [0.05, 0.1) is 0 Å². The van der Waals surface area contributed by atoms with Crippen molar-refractivity contribution in [3.8, 4) is 11.4 Å². The van der Waals surface area contributed by atoms with Crippen LogP contribution in [-0.4, -0.2) is 20.9 Å². The molecule has 1 heterocycles. The molecule has 0 unspecified atom stereocenters. The van der Waals surface area contributed by atoms with Crippen molar-refractivity contribution in [2.75, 3.05) is 5.32 Å². The first kappa shape index (κ1) is 22.3. The number of carbonyl (C=O) groups is 1. The van der Waals surface area contributed by atoms with Crippen molar-refractivity contribution in [1.29, 1.82) is 0 Å². The monoisotopic (exact) mass is 508 g/mol. The number of aromatic nitrogens is 3. The Labute approximate surface area is 196 Å². The predicted molar refractivity (Wildman–Crippen MR) is 118 cm³/mol. The van der Waals surface area contributed by atoms with E-state index in [0.29, 0.717) is 16.8 Å². The molecular weight excluding hydrogens is 501 g/mol. The molecule has 0 aliphatic carbocycles. The molecular formula is C18H10Cl6N4O. The van der Waals surface area contributed by atoms with Crippen molar-refractivity contribution in [2.45, 2.75) is 7.59 Å². The van der Waals surface area contributed by atoms with Gasteiger partial charge in [-0.25, -0.2) is 15.0 Å². The third-order valence-electron chi connectivity index (χ3n) is 3.58. The Morgan fingerprint density at radius 3 is 1.72 bits per heavy atom. The summed E-state index contributed by atoms with van der Waals surface area (Å²) in [4.78, 5) is 24.5. The van der Waals surface area contributed by atoms with Crippen LogP contribution in [0, 0.1) is 0 Å². The lowest BCUT2D eigenvalue weighted by Gasteiger charge is -2.15. The second-order valence-corrected chi connectivity index (χ2v) is 10.3. The Bertz CT molecular complexity index is 985. The summed E-state index contributed by atoms with van der Waals surface area (Å²) in [5.41, 5.74) is 1.64. The fourth-order valence-electron chi connectivity index (χ4n) is 2.25. The molecule has 1 N–H and O–H groups in total. The number of carbonyl (C=O) groups excluding carboxylic acids is 1. The first-order valence-corrected chi connectivity index (χ1v) is 10.2. The Balaban J connectivity index is 1.90. The van der Waals surface area contributed by atoms with Gasteiger partial charge in [0, 0.05) is 16.8 Å². The number of nitrogens with one attached hydrogen (secondary N) is 1. The van der Waals surface area contributed by atoms with Crippen molar-refractivity contribution < 1.29 is 4.79 Å². The van der Waals surface area contributed by atoms with E-state index in [2.05, 4.69) is 20.3 Å². The van der Waals surface area contributed by atoms with Crippen molar-refractivity contribution in [2.24, 2.45) is 0 Å². The fourth-order valence-corrected chi connectivity index (χ4v) is 2.76. The van der Waals surface area contributed by atoms with Gasteiger partial charge in [-0.3, -0.25) is 4.79 Å². The highest BCUT2D eigenvalue weighted by Gasteiger charge is 2.34. The lowest BCUT2D eigenvalue weighted by Crippen LogP contribution is -2.16. The SMILES string of the molecule is O=C(Nc1ccc(-c2nc(C(Cl)(Cl)Cl)nc(C(Cl)(Cl)Cl)n2)cc1)c1ccccc1. The van der Waals surface area contributed by atoms with Gasteiger partial charge in [0.2, 0.25) is 7.59 Å². The maximum absolute atomic E-state index is 12.2. The average molecular weight is 511 g/mol. The molecule has 0 spiro atoms. The minimum Gasteiger partial charge on any atom is -0.322 e. The summed E-state index contributed by atoms with van der Waals surface area (Å²) in [7, 11) is 0. The van der Waals surface area contributed by atoms with Gasteiger partial charge in [-0.15, -0.1) is 0 Å². The first-order valence-electron chi connectivity index (χ1n) is 7.91. The van der Waals surface area contributed by atoms with Gasteiger partial charge < -0.3 is 5.32 Å². The standard InChI is InChI=1S/C18H10Cl6N4O/c19-17(20,21)15-26-13(27-16(28-15)18(22,23)24)10-6-8-12(9-7-10)25-14(29)11-4-2-1-3-5-11/h1-9H,(H,25,29). The van der Waals surface area contributed by atoms with Crippen LogP contribution in [0.1, 0.15) is 22.0 Å². The summed E-state index contributed by atoms with van der Waals surface area (Å²) < 4.78 is -3.88. The Morgan fingerprint density at radius 1 is 0.724 bits per heavy atom. The highest BCUT2D eigenvalue weighted by Crippen LogP contribution is 2.40. The van der Waals surface area contributed by atoms with Crippen LogP contribution in [0.5, 0.6) is 0 Å². The molecule has 0 aliphatic heterocycles. The average Bonchev–Trinajstić information content (AvgIpc) is 2.67. The zero-order valence-corrected chi connectivity index (χ0v) is 18.7. The molecule has 0 aliphatic rings. The summed E-state index contributed by atoms with van der Waals surface area (Å²) in [6.45, 7) is 0. The van der Waals surface area contributed by atoms with E-state index in [1.807, 2.05) is 6.07 Å². The fraction of sp³-hybridized carbons (Fsp3) is 0.111. The van der Waals surface area contributed by atoms with Gasteiger partial charge in [0.1, 0.15) is 0 Å². The van der Waals surface area contributed by atoms with E-state index in [9.17, 15) is 4.79 Å². The van der Waals surface area contributed by atoms with Crippen LogP contribution in [0.15, 0.2) is 54.6 Å². The summed E-state index contributed by atoms with van der Waals surface area (Å²) in [5, 5.41) is 2.79. The van der Waals surface area contributed by atoms with Gasteiger partial charge in [-0.1, -0.05) is 87.8 Å². The molecule has 0 atom stereocenters. The minimum absolute atomic E-state index is 0.142. The van der Waals surface area contributed by atoms with Gasteiger partial charge >= 0.3 is 0 Å². The molecule has 0 fully saturated rings. The number of hydrogen-bond acceptors (Lipinski definition) is 4. The molecule has 0 saturated carbocycles. The maximum Gasteiger partial charge on any atom is 0.255 e. The number of hydrogen-bond donors (Lipinski definition) is 1. The largest absolute Gasteiger partial charge is 0.322 e. The summed E-state index contributed by atoms with van der Waals surface area (Å²) in [6.07, 6.45) is 0. The summed E-state index contributed by atoms with van der Waals surface area (Å²) in [5.74, 6) is -0.468. The number of nitrogens with zero attached hydrogens (tertiary/aromatic N) is 3. The molecule has 11 heteroatoms. The molecule has 29 heavy (non-hydrogen) atoms. The second kappa shape index (κ2) is 8.80. The number of halogens is 6. The number of anilines is 1. The predicted octanol–water partition coefficient (Wildman–Crippen LogP) is 6.44. The number of benzene rings is 2. The van der Waals surface area contributed by atoms with Crippen LogP contribution in [0.25, 0.3) is 11.4 Å². The van der Waals surface area contributed by atoms with E-state index >= 15 is 0 Å². The topological polar surface area (TPSA) is 67.8 Å². The van der Waals surface area contributed by atoms with E-state index in [0.717, 1.165) is 0 Å². The van der Waals surface area contributed by atoms with Crippen molar-refractivity contribution >= 4 is 81.2 Å². The van der Waals surface area contributed by atoms with Crippen molar-refractivity contribution in [3.05, 3.63) is 71.8 Å². The van der Waals surface area contributed by atoms with E-state index in [-0.39, 0.29) is 23.4 Å². The van der Waals surface area contributed by atoms with Crippen molar-refractivity contribution in [3.63, 3.8) is 0 Å². The molecule has 150 valence electrons. The van der Waals surface area contributed by atoms with Gasteiger partial charge in [0.15, 0.2) is 17.5 Å². The normalized spacial score (nSPS) is 11.9. The van der Waals surface area contributed by atoms with E-state index in [1.54, 1.807) is 48.5 Å². The number of alkyl halides is 6. The van der Waals surface area contributed by atoms with Crippen LogP contribution in [-0.2, 0) is 7.59 Å². The zero-order chi connectivity index (χ0) is 21.2. The van der Waals surface area contributed by atoms with Crippen LogP contribution in [0.3, 0.4) is 0 Å². The van der Waals surface area contributed by atoms with Crippen LogP contribution >= 0.6 is 69.6 Å². The van der Waals surface area contributed by atoms with Crippen molar-refractivity contribution in [1.82, 2.24) is 15.0 Å². The van der Waals surface area contributed by atoms with E-state index in [4.69, 9.17) is 69.6 Å². The summed E-state index contributed by atoms with van der Waals surface area (Å²) in [6, 6.07) is 15.5. The van der Waals surface area contributed by atoms with Crippen LogP contribution < -0.4 is 5.32 Å². The second-order valence-electron chi connectivity index (χ2n) is 5.70. The Hall–Kier alpha value is -1.34. The maximum atomic E-state index is 12.2. The number of amides is 1. The molecule has 5 nitrogen and oxygen atoms in total. The lowest BCUT2D eigenvalue weighted by molar-refractivity contribution is 0.102. The van der Waals surface area contributed by atoms with Gasteiger partial charge in [-0.05, 0) is 36.4 Å². The zero-order valence-electron chi connectivity index (χ0n) is 14.2. The molecule has 0 bridgehead atoms. The van der Waals surface area contributed by atoms with Gasteiger partial charge in [0.25, 0.3) is 5.91 Å². The molecule has 3 rings (SSSR count).